The van der Waals surface area contributed by atoms with E-state index < -0.39 is 17.3 Å². The van der Waals surface area contributed by atoms with Gasteiger partial charge < -0.3 is 15.9 Å². The van der Waals surface area contributed by atoms with Crippen molar-refractivity contribution in [2.45, 2.75) is 33.4 Å². The summed E-state index contributed by atoms with van der Waals surface area (Å²) in [5.41, 5.74) is 0.109. The fraction of sp³-hybridized carbons (Fsp3) is 0.227. The summed E-state index contributed by atoms with van der Waals surface area (Å²) in [5.74, 6) is 5.77. The number of nitrogen functional groups attached to an aromatic ring is 1. The van der Waals surface area contributed by atoms with Crippen LogP contribution in [0.3, 0.4) is 0 Å². The normalized spacial score (nSPS) is 11.5. The van der Waals surface area contributed by atoms with Crippen LogP contribution in [0.4, 0.5) is 17.2 Å². The lowest BCUT2D eigenvalue weighted by atomic mass is 10.2. The van der Waals surface area contributed by atoms with E-state index in [2.05, 4.69) is 15.5 Å². The van der Waals surface area contributed by atoms with Crippen LogP contribution < -0.4 is 27.1 Å². The molecule has 0 radical (unpaired) electrons. The number of nitroso groups, excluding NO2 is 1. The first kappa shape index (κ1) is 23.7. The Morgan fingerprint density at radius 3 is 2.33 bits per heavy atom. The molecule has 0 fully saturated rings. The molecule has 1 aromatic heterocycles. The van der Waals surface area contributed by atoms with E-state index in [4.69, 9.17) is 22.2 Å². The molecule has 0 aliphatic rings. The maximum absolute atomic E-state index is 13.3. The third-order valence-corrected chi connectivity index (χ3v) is 4.70. The van der Waals surface area contributed by atoms with E-state index in [9.17, 15) is 14.5 Å². The molecule has 3 aromatic rings. The molecular weight excluding hydrogens is 448 g/mol. The summed E-state index contributed by atoms with van der Waals surface area (Å²) in [6.45, 7) is 5.08. The van der Waals surface area contributed by atoms with E-state index in [1.54, 1.807) is 48.5 Å². The van der Waals surface area contributed by atoms with E-state index in [1.807, 2.05) is 13.8 Å². The second-order valence-electron chi connectivity index (χ2n) is 7.43. The second kappa shape index (κ2) is 10.1. The van der Waals surface area contributed by atoms with Gasteiger partial charge in [-0.25, -0.2) is 9.67 Å². The molecule has 0 saturated carbocycles. The van der Waals surface area contributed by atoms with E-state index >= 15 is 0 Å². The summed E-state index contributed by atoms with van der Waals surface area (Å²) in [7, 11) is 0. The highest BCUT2D eigenvalue weighted by molar-refractivity contribution is 6.30. The molecule has 3 N–H and O–H groups in total. The van der Waals surface area contributed by atoms with Crippen molar-refractivity contribution in [1.29, 1.82) is 0 Å². The Morgan fingerprint density at radius 1 is 1.15 bits per heavy atom. The fourth-order valence-corrected chi connectivity index (χ4v) is 3.18. The van der Waals surface area contributed by atoms with Crippen LogP contribution >= 0.6 is 11.6 Å². The van der Waals surface area contributed by atoms with Crippen molar-refractivity contribution >= 4 is 34.7 Å². The van der Waals surface area contributed by atoms with Crippen molar-refractivity contribution in [2.75, 3.05) is 11.2 Å². The zero-order valence-corrected chi connectivity index (χ0v) is 19.0. The summed E-state index contributed by atoms with van der Waals surface area (Å²) >= 11 is 5.96. The molecule has 0 saturated heterocycles. The molecule has 2 aromatic carbocycles. The zero-order valence-electron chi connectivity index (χ0n) is 18.3. The molecule has 33 heavy (non-hydrogen) atoms. The summed E-state index contributed by atoms with van der Waals surface area (Å²) < 4.78 is 7.74. The molecule has 1 amide bonds. The minimum absolute atomic E-state index is 0.00564. The largest absolute Gasteiger partial charge is 0.491 e. The van der Waals surface area contributed by atoms with Gasteiger partial charge in [0.15, 0.2) is 5.69 Å². The lowest BCUT2D eigenvalue weighted by molar-refractivity contribution is -0.114. The second-order valence-corrected chi connectivity index (χ2v) is 7.87. The van der Waals surface area contributed by atoms with Crippen molar-refractivity contribution in [3.8, 4) is 5.75 Å². The van der Waals surface area contributed by atoms with E-state index in [0.29, 0.717) is 16.5 Å². The first-order valence-corrected chi connectivity index (χ1v) is 10.4. The monoisotopic (exact) mass is 470 g/mol. The van der Waals surface area contributed by atoms with Gasteiger partial charge in [-0.05, 0) is 61.0 Å². The predicted molar refractivity (Wildman–Crippen MR) is 127 cm³/mol. The Hall–Kier alpha value is -3.92. The smallest absolute Gasteiger partial charge is 0.281 e. The molecule has 10 nitrogen and oxygen atoms in total. The van der Waals surface area contributed by atoms with Gasteiger partial charge in [0.25, 0.3) is 5.56 Å². The number of carbonyl (C=O) groups is 1. The summed E-state index contributed by atoms with van der Waals surface area (Å²) in [6.07, 6.45) is 0.00564. The van der Waals surface area contributed by atoms with Gasteiger partial charge in [0, 0.05) is 11.9 Å². The van der Waals surface area contributed by atoms with Crippen LogP contribution in [0.25, 0.3) is 0 Å². The number of ether oxygens (including phenoxy) is 1. The Labute approximate surface area is 194 Å². The van der Waals surface area contributed by atoms with Crippen LogP contribution in [0.1, 0.15) is 26.3 Å². The quantitative estimate of drug-likeness (QED) is 0.403. The number of amides is 1. The van der Waals surface area contributed by atoms with Gasteiger partial charge in [-0.2, -0.15) is 0 Å². The highest BCUT2D eigenvalue weighted by Crippen LogP contribution is 2.20. The van der Waals surface area contributed by atoms with Crippen molar-refractivity contribution < 1.29 is 9.53 Å². The van der Waals surface area contributed by atoms with Gasteiger partial charge in [0.05, 0.1) is 18.3 Å². The van der Waals surface area contributed by atoms with Crippen LogP contribution in [0, 0.1) is 4.91 Å². The number of anilines is 1. The number of nitrogens with zero attached hydrogens (tertiary/aromatic N) is 4. The van der Waals surface area contributed by atoms with Crippen LogP contribution in [0.2, 0.25) is 5.02 Å². The minimum Gasteiger partial charge on any atom is -0.491 e. The lowest BCUT2D eigenvalue weighted by Crippen LogP contribution is -2.45. The average molecular weight is 471 g/mol. The van der Waals surface area contributed by atoms with E-state index in [0.717, 1.165) is 10.2 Å². The number of nitrogens with two attached hydrogens (primary N) is 1. The molecule has 11 heteroatoms. The molecule has 0 aliphatic heterocycles. The van der Waals surface area contributed by atoms with Gasteiger partial charge in [-0.1, -0.05) is 23.7 Å². The SMILES string of the molecule is CC(=O)Nc1c(N=O)n(N)c(=Nc2ccc(OC(C)C)cc2)n(Cc2ccc(Cl)cc2)c1=O. The van der Waals surface area contributed by atoms with Gasteiger partial charge >= 0.3 is 0 Å². The summed E-state index contributed by atoms with van der Waals surface area (Å²) in [6, 6.07) is 13.7. The molecule has 0 spiro atoms. The van der Waals surface area contributed by atoms with Crippen molar-refractivity contribution in [3.05, 3.63) is 80.0 Å². The average Bonchev–Trinajstić information content (AvgIpc) is 2.76. The predicted octanol–water partition coefficient (Wildman–Crippen LogP) is 3.44. The van der Waals surface area contributed by atoms with Crippen molar-refractivity contribution in [1.82, 2.24) is 9.24 Å². The Bertz CT molecular complexity index is 1290. The van der Waals surface area contributed by atoms with Gasteiger partial charge in [-0.15, -0.1) is 4.91 Å². The Morgan fingerprint density at radius 2 is 1.79 bits per heavy atom. The Kier molecular flexibility index (Phi) is 7.29. The lowest BCUT2D eigenvalue weighted by Gasteiger charge is -2.15. The van der Waals surface area contributed by atoms with Gasteiger partial charge in [0.2, 0.25) is 17.3 Å². The molecule has 0 unspecified atom stereocenters. The van der Waals surface area contributed by atoms with Crippen LogP contribution in [0.5, 0.6) is 5.75 Å². The number of rotatable bonds is 7. The molecule has 3 rings (SSSR count). The summed E-state index contributed by atoms with van der Waals surface area (Å²) in [4.78, 5) is 40.9. The number of hydrogen-bond acceptors (Lipinski definition) is 7. The first-order chi connectivity index (χ1) is 15.7. The number of aromatic nitrogens is 2. The number of halogens is 1. The fourth-order valence-electron chi connectivity index (χ4n) is 3.06. The minimum atomic E-state index is -0.685. The number of nitrogens with one attached hydrogen (secondary N) is 1. The Balaban J connectivity index is 2.23. The molecule has 0 aliphatic carbocycles. The van der Waals surface area contributed by atoms with Crippen LogP contribution in [-0.4, -0.2) is 21.3 Å². The third kappa shape index (κ3) is 5.66. The van der Waals surface area contributed by atoms with Gasteiger partial charge in [-0.3, -0.25) is 14.2 Å². The van der Waals surface area contributed by atoms with Gasteiger partial charge in [0.1, 0.15) is 5.75 Å². The third-order valence-electron chi connectivity index (χ3n) is 4.45. The van der Waals surface area contributed by atoms with E-state index in [-0.39, 0.29) is 24.0 Å². The number of benzene rings is 2. The van der Waals surface area contributed by atoms with Crippen molar-refractivity contribution in [2.24, 2.45) is 10.2 Å². The highest BCUT2D eigenvalue weighted by Gasteiger charge is 2.19. The molecule has 0 bridgehead atoms. The van der Waals surface area contributed by atoms with Crippen molar-refractivity contribution in [3.63, 3.8) is 0 Å². The van der Waals surface area contributed by atoms with Crippen LogP contribution in [0.15, 0.2) is 63.5 Å². The molecule has 1 heterocycles. The zero-order chi connectivity index (χ0) is 24.1. The number of carbonyl (C=O) groups excluding carboxylic acids is 1. The highest BCUT2D eigenvalue weighted by atomic mass is 35.5. The standard InChI is InChI=1S/C22H23ClN6O4/c1-13(2)33-18-10-8-17(9-11-18)26-22-28(12-15-4-6-16(23)7-5-15)21(31)19(25-14(3)30)20(27-32)29(22)24/h4-11,13H,12,24H2,1-3H3,(H,25,30). The topological polar surface area (TPSA) is 133 Å². The summed E-state index contributed by atoms with van der Waals surface area (Å²) in [5, 5.41) is 5.73. The molecular formula is C22H23ClN6O4. The molecule has 172 valence electrons. The maximum atomic E-state index is 13.3. The van der Waals surface area contributed by atoms with Crippen LogP contribution in [-0.2, 0) is 11.3 Å². The van der Waals surface area contributed by atoms with E-state index in [1.165, 1.54) is 11.5 Å². The molecule has 0 atom stereocenters. The first-order valence-electron chi connectivity index (χ1n) is 10.0. The maximum Gasteiger partial charge on any atom is 0.281 e. The number of hydrogen-bond donors (Lipinski definition) is 2.